The van der Waals surface area contributed by atoms with Gasteiger partial charge in [0.05, 0.1) is 41.6 Å². The minimum absolute atomic E-state index is 0.179. The first-order valence-corrected chi connectivity index (χ1v) is 7.05. The maximum absolute atomic E-state index is 11.9. The van der Waals surface area contributed by atoms with Gasteiger partial charge in [-0.3, -0.25) is 0 Å². The number of halogens is 1. The summed E-state index contributed by atoms with van der Waals surface area (Å²) in [6.07, 6.45) is 3.61. The summed E-state index contributed by atoms with van der Waals surface area (Å²) in [4.78, 5) is 11.9. The van der Waals surface area contributed by atoms with E-state index in [0.717, 1.165) is 19.3 Å². The third-order valence-corrected chi connectivity index (χ3v) is 4.25. The second-order valence-corrected chi connectivity index (χ2v) is 5.68. The van der Waals surface area contributed by atoms with Crippen LogP contribution < -0.4 is 11.1 Å². The number of carbonyl (C=O) groups excluding carboxylic acids is 1. The standard InChI is InChI=1S/C14H17ClN2O3/c1-19-14(18)9-4-7(16)5-10(15)13(9)17-11-6-8-2-3-12(11)20-8/h4-5,8,11-12,17H,2-3,6,16H2,1H3. The first-order chi connectivity index (χ1) is 9.58. The van der Waals surface area contributed by atoms with Crippen LogP contribution in [0.5, 0.6) is 0 Å². The zero-order chi connectivity index (χ0) is 14.3. The molecule has 0 saturated carbocycles. The van der Waals surface area contributed by atoms with E-state index in [-0.39, 0.29) is 12.1 Å². The normalized spacial score (nSPS) is 27.6. The number of nitrogens with two attached hydrogens (primary N) is 1. The molecule has 3 rings (SSSR count). The number of hydrogen-bond donors (Lipinski definition) is 2. The van der Waals surface area contributed by atoms with Gasteiger partial charge in [-0.2, -0.15) is 0 Å². The number of carbonyl (C=O) groups is 1. The largest absolute Gasteiger partial charge is 0.465 e. The summed E-state index contributed by atoms with van der Waals surface area (Å²) < 4.78 is 10.6. The molecule has 3 atom stereocenters. The van der Waals surface area contributed by atoms with Crippen molar-refractivity contribution >= 4 is 28.9 Å². The molecule has 2 saturated heterocycles. The Morgan fingerprint density at radius 1 is 1.50 bits per heavy atom. The first kappa shape index (κ1) is 13.5. The van der Waals surface area contributed by atoms with Crippen LogP contribution in [0.1, 0.15) is 29.6 Å². The van der Waals surface area contributed by atoms with Crippen LogP contribution in [0.25, 0.3) is 0 Å². The summed E-state index contributed by atoms with van der Waals surface area (Å²) in [6.45, 7) is 0. The monoisotopic (exact) mass is 296 g/mol. The van der Waals surface area contributed by atoms with Crippen LogP contribution in [0.15, 0.2) is 12.1 Å². The lowest BCUT2D eigenvalue weighted by Crippen LogP contribution is -2.31. The van der Waals surface area contributed by atoms with Crippen LogP contribution in [0, 0.1) is 0 Å². The molecule has 5 nitrogen and oxygen atoms in total. The minimum atomic E-state index is -0.453. The Bertz CT molecular complexity index is 549. The Hall–Kier alpha value is -1.46. The fourth-order valence-electron chi connectivity index (χ4n) is 3.02. The molecule has 0 aliphatic carbocycles. The Morgan fingerprint density at radius 2 is 2.30 bits per heavy atom. The number of anilines is 2. The zero-order valence-corrected chi connectivity index (χ0v) is 11.9. The third-order valence-electron chi connectivity index (χ3n) is 3.95. The van der Waals surface area contributed by atoms with E-state index in [9.17, 15) is 4.79 Å². The number of ether oxygens (including phenoxy) is 2. The maximum Gasteiger partial charge on any atom is 0.340 e. The molecule has 2 fully saturated rings. The maximum atomic E-state index is 11.9. The van der Waals surface area contributed by atoms with Gasteiger partial charge in [-0.15, -0.1) is 0 Å². The van der Waals surface area contributed by atoms with E-state index in [1.54, 1.807) is 12.1 Å². The number of rotatable bonds is 3. The number of methoxy groups -OCH3 is 1. The number of nitrogen functional groups attached to an aromatic ring is 1. The average molecular weight is 297 g/mol. The smallest absolute Gasteiger partial charge is 0.340 e. The quantitative estimate of drug-likeness (QED) is 0.662. The van der Waals surface area contributed by atoms with Gasteiger partial charge in [0.2, 0.25) is 0 Å². The van der Waals surface area contributed by atoms with Crippen LogP contribution in [-0.2, 0) is 9.47 Å². The van der Waals surface area contributed by atoms with Crippen LogP contribution in [0.2, 0.25) is 5.02 Å². The summed E-state index contributed by atoms with van der Waals surface area (Å²) >= 11 is 6.23. The summed E-state index contributed by atoms with van der Waals surface area (Å²) in [6, 6.07) is 3.39. The molecule has 2 aliphatic rings. The van der Waals surface area contributed by atoms with Gasteiger partial charge in [0.15, 0.2) is 0 Å². The van der Waals surface area contributed by atoms with Gasteiger partial charge >= 0.3 is 5.97 Å². The molecule has 3 unspecified atom stereocenters. The van der Waals surface area contributed by atoms with Gasteiger partial charge in [0.25, 0.3) is 0 Å². The Labute approximate surface area is 122 Å². The highest BCUT2D eigenvalue weighted by molar-refractivity contribution is 6.34. The van der Waals surface area contributed by atoms with Gasteiger partial charge in [0.1, 0.15) is 0 Å². The summed E-state index contributed by atoms with van der Waals surface area (Å²) in [7, 11) is 1.34. The van der Waals surface area contributed by atoms with E-state index in [2.05, 4.69) is 5.32 Å². The molecule has 2 bridgehead atoms. The van der Waals surface area contributed by atoms with E-state index < -0.39 is 5.97 Å². The van der Waals surface area contributed by atoms with E-state index in [0.29, 0.717) is 28.1 Å². The lowest BCUT2D eigenvalue weighted by molar-refractivity contribution is 0.0601. The van der Waals surface area contributed by atoms with E-state index in [1.807, 2.05) is 0 Å². The van der Waals surface area contributed by atoms with Crippen molar-refractivity contribution in [3.05, 3.63) is 22.7 Å². The lowest BCUT2D eigenvalue weighted by atomic mass is 9.95. The van der Waals surface area contributed by atoms with Crippen molar-refractivity contribution in [2.24, 2.45) is 0 Å². The number of fused-ring (bicyclic) bond motifs is 2. The van der Waals surface area contributed by atoms with Crippen molar-refractivity contribution in [1.82, 2.24) is 0 Å². The second-order valence-electron chi connectivity index (χ2n) is 5.28. The van der Waals surface area contributed by atoms with Gasteiger partial charge in [-0.25, -0.2) is 4.79 Å². The Morgan fingerprint density at radius 3 is 2.90 bits per heavy atom. The topological polar surface area (TPSA) is 73.6 Å². The molecule has 0 spiro atoms. The lowest BCUT2D eigenvalue weighted by Gasteiger charge is -2.23. The highest BCUT2D eigenvalue weighted by atomic mass is 35.5. The SMILES string of the molecule is COC(=O)c1cc(N)cc(Cl)c1NC1CC2CCC1O2. The van der Waals surface area contributed by atoms with Gasteiger partial charge in [0, 0.05) is 5.69 Å². The van der Waals surface area contributed by atoms with Crippen molar-refractivity contribution in [3.63, 3.8) is 0 Å². The first-order valence-electron chi connectivity index (χ1n) is 6.68. The summed E-state index contributed by atoms with van der Waals surface area (Å²) in [5, 5.41) is 3.76. The molecular weight excluding hydrogens is 280 g/mol. The minimum Gasteiger partial charge on any atom is -0.465 e. The van der Waals surface area contributed by atoms with E-state index in [1.165, 1.54) is 7.11 Å². The molecule has 0 radical (unpaired) electrons. The zero-order valence-electron chi connectivity index (χ0n) is 11.2. The highest BCUT2D eigenvalue weighted by Crippen LogP contribution is 2.38. The predicted octanol–water partition coefficient (Wildman–Crippen LogP) is 2.44. The van der Waals surface area contributed by atoms with E-state index in [4.69, 9.17) is 26.8 Å². The van der Waals surface area contributed by atoms with Crippen LogP contribution >= 0.6 is 11.6 Å². The highest BCUT2D eigenvalue weighted by Gasteiger charge is 2.41. The summed E-state index contributed by atoms with van der Waals surface area (Å²) in [5.74, 6) is -0.453. The molecular formula is C14H17ClN2O3. The van der Waals surface area contributed by atoms with Crippen molar-refractivity contribution in [2.45, 2.75) is 37.5 Å². The molecule has 0 amide bonds. The molecule has 108 valence electrons. The Balaban J connectivity index is 1.90. The summed E-state index contributed by atoms with van der Waals surface area (Å²) in [5.41, 5.74) is 7.12. The Kier molecular flexibility index (Phi) is 3.48. The molecule has 1 aromatic rings. The molecule has 6 heteroatoms. The van der Waals surface area contributed by atoms with E-state index >= 15 is 0 Å². The molecule has 20 heavy (non-hydrogen) atoms. The number of hydrogen-bond acceptors (Lipinski definition) is 5. The average Bonchev–Trinajstić information content (AvgIpc) is 3.03. The molecule has 2 heterocycles. The third kappa shape index (κ3) is 2.31. The fraction of sp³-hybridized carbons (Fsp3) is 0.500. The van der Waals surface area contributed by atoms with Gasteiger partial charge in [-0.1, -0.05) is 11.6 Å². The fourth-order valence-corrected chi connectivity index (χ4v) is 3.30. The van der Waals surface area contributed by atoms with Gasteiger partial charge in [-0.05, 0) is 31.4 Å². The van der Waals surface area contributed by atoms with Crippen LogP contribution in [0.3, 0.4) is 0 Å². The molecule has 1 aromatic carbocycles. The van der Waals surface area contributed by atoms with Crippen LogP contribution in [0.4, 0.5) is 11.4 Å². The number of esters is 1. The van der Waals surface area contributed by atoms with Crippen molar-refractivity contribution in [3.8, 4) is 0 Å². The molecule has 0 aromatic heterocycles. The van der Waals surface area contributed by atoms with Crippen molar-refractivity contribution in [2.75, 3.05) is 18.2 Å². The van der Waals surface area contributed by atoms with Crippen molar-refractivity contribution in [1.29, 1.82) is 0 Å². The second kappa shape index (κ2) is 5.14. The van der Waals surface area contributed by atoms with Crippen LogP contribution in [-0.4, -0.2) is 31.3 Å². The molecule has 3 N–H and O–H groups in total. The molecule has 2 aliphatic heterocycles. The predicted molar refractivity (Wildman–Crippen MR) is 77.1 cm³/mol. The number of benzene rings is 1. The van der Waals surface area contributed by atoms with Crippen molar-refractivity contribution < 1.29 is 14.3 Å². The number of nitrogens with one attached hydrogen (secondary N) is 1. The van der Waals surface area contributed by atoms with Gasteiger partial charge < -0.3 is 20.5 Å².